The molecule has 0 spiro atoms. The first kappa shape index (κ1) is 68.4. The normalized spacial score (nSPS) is 19.8. The topological polar surface area (TPSA) is 175 Å². The lowest BCUT2D eigenvalue weighted by molar-refractivity contribution is -0.305. The molecule has 11 nitrogen and oxygen atoms in total. The standard InChI is InChI=1S/C62H111NO10/c1-4-7-10-13-16-19-22-24-26-27-28-29-30-32-35-38-41-44-47-50-57(67)73-60-59(69)58(68)56(51-64)72-62(60)71-52-53(54(65)48-45-42-39-36-33-21-18-15-12-9-6-3)63-61(70)55(66)49-46-43-40-37-34-31-25-23-20-17-14-11-8-5-2/h8,11,14,17,20,23-24,26,45,48,53-56,58-60,62,64-66,68-69H,4-7,9-10,12-13,15-16,18-19,21-22,25,27-44,46-47,49-52H2,1-3H3,(H,63,70)/b11-8+,17-14+,23-20+,26-24+,48-45+. The van der Waals surface area contributed by atoms with Crippen LogP contribution in [0.3, 0.4) is 0 Å². The first-order valence-electron chi connectivity index (χ1n) is 30.1. The summed E-state index contributed by atoms with van der Waals surface area (Å²) in [5.41, 5.74) is 0. The van der Waals surface area contributed by atoms with Gasteiger partial charge in [-0.15, -0.1) is 0 Å². The minimum absolute atomic E-state index is 0.119. The molecule has 1 saturated heterocycles. The van der Waals surface area contributed by atoms with Crippen molar-refractivity contribution in [3.05, 3.63) is 60.8 Å². The summed E-state index contributed by atoms with van der Waals surface area (Å²) in [6, 6.07) is -1.03. The van der Waals surface area contributed by atoms with E-state index in [1.165, 1.54) is 128 Å². The molecule has 1 rings (SSSR count). The Balaban J connectivity index is 2.68. The fourth-order valence-electron chi connectivity index (χ4n) is 9.18. The van der Waals surface area contributed by atoms with Crippen molar-refractivity contribution < 1.29 is 49.3 Å². The summed E-state index contributed by atoms with van der Waals surface area (Å²) in [5.74, 6) is -1.21. The zero-order chi connectivity index (χ0) is 53.3. The van der Waals surface area contributed by atoms with Crippen LogP contribution in [0.15, 0.2) is 60.8 Å². The molecule has 0 bridgehead atoms. The van der Waals surface area contributed by atoms with Crippen LogP contribution >= 0.6 is 0 Å². The summed E-state index contributed by atoms with van der Waals surface area (Å²) < 4.78 is 17.6. The highest BCUT2D eigenvalue weighted by Crippen LogP contribution is 2.26. The quantitative estimate of drug-likeness (QED) is 0.0149. The molecule has 0 aromatic carbocycles. The Labute approximate surface area is 446 Å². The second kappa shape index (κ2) is 50.2. The van der Waals surface area contributed by atoms with E-state index in [-0.39, 0.29) is 19.4 Å². The summed E-state index contributed by atoms with van der Waals surface area (Å²) in [4.78, 5) is 26.5. The number of allylic oxidation sites excluding steroid dienone is 9. The molecule has 8 atom stereocenters. The number of nitrogens with one attached hydrogen (secondary N) is 1. The number of hydrogen-bond donors (Lipinski definition) is 6. The number of carbonyl (C=O) groups excluding carboxylic acids is 2. The van der Waals surface area contributed by atoms with Crippen LogP contribution in [0.25, 0.3) is 0 Å². The summed E-state index contributed by atoms with van der Waals surface area (Å²) in [5, 5.41) is 56.8. The van der Waals surface area contributed by atoms with E-state index in [2.05, 4.69) is 62.5 Å². The highest BCUT2D eigenvalue weighted by Gasteiger charge is 2.47. The van der Waals surface area contributed by atoms with Gasteiger partial charge in [0.15, 0.2) is 12.4 Å². The number of aliphatic hydroxyl groups excluding tert-OH is 5. The summed E-state index contributed by atoms with van der Waals surface area (Å²) in [7, 11) is 0. The fourth-order valence-corrected chi connectivity index (χ4v) is 9.18. The maximum Gasteiger partial charge on any atom is 0.306 e. The molecule has 0 aromatic rings. The van der Waals surface area contributed by atoms with Crippen LogP contribution in [0.4, 0.5) is 0 Å². The zero-order valence-electron chi connectivity index (χ0n) is 46.7. The van der Waals surface area contributed by atoms with E-state index in [4.69, 9.17) is 14.2 Å². The molecule has 11 heteroatoms. The predicted octanol–water partition coefficient (Wildman–Crippen LogP) is 13.8. The zero-order valence-corrected chi connectivity index (χ0v) is 46.7. The number of carbonyl (C=O) groups is 2. The predicted molar refractivity (Wildman–Crippen MR) is 301 cm³/mol. The lowest BCUT2D eigenvalue weighted by atomic mass is 9.99. The van der Waals surface area contributed by atoms with Gasteiger partial charge in [0.1, 0.15) is 24.4 Å². The maximum atomic E-state index is 13.4. The largest absolute Gasteiger partial charge is 0.454 e. The van der Waals surface area contributed by atoms with Crippen LogP contribution in [-0.4, -0.2) is 99.6 Å². The molecular weight excluding hydrogens is 919 g/mol. The van der Waals surface area contributed by atoms with Gasteiger partial charge in [-0.25, -0.2) is 0 Å². The molecule has 0 aliphatic carbocycles. The Morgan fingerprint density at radius 3 is 1.51 bits per heavy atom. The highest BCUT2D eigenvalue weighted by atomic mass is 16.7. The molecular formula is C62H111NO10. The van der Waals surface area contributed by atoms with Gasteiger partial charge in [0.05, 0.1) is 25.4 Å². The van der Waals surface area contributed by atoms with Crippen LogP contribution in [0.2, 0.25) is 0 Å². The van der Waals surface area contributed by atoms with Crippen molar-refractivity contribution >= 4 is 11.9 Å². The van der Waals surface area contributed by atoms with E-state index in [0.717, 1.165) is 83.5 Å². The lowest BCUT2D eigenvalue weighted by Gasteiger charge is -2.41. The van der Waals surface area contributed by atoms with Crippen LogP contribution < -0.4 is 5.32 Å². The average molecular weight is 1030 g/mol. The number of amides is 1. The Morgan fingerprint density at radius 1 is 0.548 bits per heavy atom. The minimum Gasteiger partial charge on any atom is -0.454 e. The molecule has 0 saturated carbocycles. The third-order valence-corrected chi connectivity index (χ3v) is 14.0. The van der Waals surface area contributed by atoms with Crippen LogP contribution in [0, 0.1) is 0 Å². The molecule has 424 valence electrons. The van der Waals surface area contributed by atoms with Crippen molar-refractivity contribution in [3.8, 4) is 0 Å². The number of aliphatic hydroxyl groups is 5. The fraction of sp³-hybridized carbons (Fsp3) is 0.806. The molecule has 1 heterocycles. The number of unbranched alkanes of at least 4 members (excludes halogenated alkanes) is 30. The number of ether oxygens (including phenoxy) is 3. The van der Waals surface area contributed by atoms with Gasteiger partial charge < -0.3 is 45.1 Å². The van der Waals surface area contributed by atoms with Gasteiger partial charge >= 0.3 is 5.97 Å². The molecule has 1 aliphatic rings. The summed E-state index contributed by atoms with van der Waals surface area (Å²) in [6.07, 6.45) is 51.2. The SMILES string of the molecule is CC/C=C/C=C/C=C/CCCCCCCCC(O)C(=O)NC(COC1OC(CO)C(O)C(O)C1OC(=O)CCCCCCCCCCC/C=C/CCCCCCCC)C(O)/C=C/CCCCCCCCCCC. The molecule has 1 amide bonds. The van der Waals surface area contributed by atoms with Crippen molar-refractivity contribution in [2.75, 3.05) is 13.2 Å². The van der Waals surface area contributed by atoms with Crippen molar-refractivity contribution in [2.45, 2.75) is 307 Å². The van der Waals surface area contributed by atoms with Gasteiger partial charge in [-0.2, -0.15) is 0 Å². The Kier molecular flexibility index (Phi) is 47.0. The van der Waals surface area contributed by atoms with Gasteiger partial charge in [0.2, 0.25) is 5.91 Å². The van der Waals surface area contributed by atoms with E-state index in [1.807, 2.05) is 18.2 Å². The molecule has 8 unspecified atom stereocenters. The van der Waals surface area contributed by atoms with E-state index in [9.17, 15) is 35.1 Å². The minimum atomic E-state index is -1.62. The number of esters is 1. The Bertz CT molecular complexity index is 1420. The lowest BCUT2D eigenvalue weighted by Crippen LogP contribution is -2.61. The number of hydrogen-bond acceptors (Lipinski definition) is 10. The van der Waals surface area contributed by atoms with Crippen molar-refractivity contribution in [1.82, 2.24) is 5.32 Å². The molecule has 1 aliphatic heterocycles. The Morgan fingerprint density at radius 2 is 1.00 bits per heavy atom. The third-order valence-electron chi connectivity index (χ3n) is 14.0. The van der Waals surface area contributed by atoms with Gasteiger partial charge in [0.25, 0.3) is 0 Å². The van der Waals surface area contributed by atoms with E-state index >= 15 is 0 Å². The van der Waals surface area contributed by atoms with Gasteiger partial charge in [-0.05, 0) is 70.6 Å². The van der Waals surface area contributed by atoms with Crippen molar-refractivity contribution in [2.24, 2.45) is 0 Å². The van der Waals surface area contributed by atoms with E-state index in [1.54, 1.807) is 6.08 Å². The van der Waals surface area contributed by atoms with Crippen molar-refractivity contribution in [1.29, 1.82) is 0 Å². The maximum absolute atomic E-state index is 13.4. The van der Waals surface area contributed by atoms with Gasteiger partial charge in [0, 0.05) is 6.42 Å². The molecule has 73 heavy (non-hydrogen) atoms. The monoisotopic (exact) mass is 1030 g/mol. The third kappa shape index (κ3) is 38.5. The van der Waals surface area contributed by atoms with Crippen LogP contribution in [-0.2, 0) is 23.8 Å². The van der Waals surface area contributed by atoms with Crippen molar-refractivity contribution in [3.63, 3.8) is 0 Å². The molecule has 6 N–H and O–H groups in total. The molecule has 0 aromatic heterocycles. The average Bonchev–Trinajstić information content (AvgIpc) is 3.39. The second-order valence-corrected chi connectivity index (χ2v) is 20.8. The number of rotatable bonds is 50. The highest BCUT2D eigenvalue weighted by molar-refractivity contribution is 5.80. The first-order chi connectivity index (χ1) is 35.7. The molecule has 0 radical (unpaired) electrons. The summed E-state index contributed by atoms with van der Waals surface area (Å²) >= 11 is 0. The van der Waals surface area contributed by atoms with Gasteiger partial charge in [-0.3, -0.25) is 9.59 Å². The van der Waals surface area contributed by atoms with Gasteiger partial charge in [-0.1, -0.05) is 242 Å². The Hall–Kier alpha value is -2.64. The first-order valence-corrected chi connectivity index (χ1v) is 30.1. The smallest absolute Gasteiger partial charge is 0.306 e. The van der Waals surface area contributed by atoms with Crippen LogP contribution in [0.1, 0.15) is 258 Å². The van der Waals surface area contributed by atoms with E-state index < -0.39 is 67.4 Å². The second-order valence-electron chi connectivity index (χ2n) is 20.8. The van der Waals surface area contributed by atoms with Crippen LogP contribution in [0.5, 0.6) is 0 Å². The van der Waals surface area contributed by atoms with E-state index in [0.29, 0.717) is 12.8 Å². The summed E-state index contributed by atoms with van der Waals surface area (Å²) in [6.45, 7) is 5.64. The molecule has 1 fully saturated rings.